The number of methoxy groups -OCH3 is 1. The Morgan fingerprint density at radius 1 is 1.33 bits per heavy atom. The largest absolute Gasteiger partial charge is 0.495 e. The summed E-state index contributed by atoms with van der Waals surface area (Å²) in [6.07, 6.45) is 4.95. The highest BCUT2D eigenvalue weighted by molar-refractivity contribution is 7.21. The first-order chi connectivity index (χ1) is 11.7. The number of fused-ring (bicyclic) bond motifs is 3. The van der Waals surface area contributed by atoms with Gasteiger partial charge in [0, 0.05) is 5.54 Å². The summed E-state index contributed by atoms with van der Waals surface area (Å²) < 4.78 is 6.48. The molecule has 1 amide bonds. The van der Waals surface area contributed by atoms with Crippen molar-refractivity contribution in [3.63, 3.8) is 0 Å². The van der Waals surface area contributed by atoms with Crippen molar-refractivity contribution < 1.29 is 9.53 Å². The maximum absolute atomic E-state index is 12.9. The highest BCUT2D eigenvalue weighted by atomic mass is 32.1. The highest BCUT2D eigenvalue weighted by Crippen LogP contribution is 2.53. The molecule has 3 aliphatic heterocycles. The van der Waals surface area contributed by atoms with Gasteiger partial charge in [0.15, 0.2) is 0 Å². The summed E-state index contributed by atoms with van der Waals surface area (Å²) in [7, 11) is 1.68. The van der Waals surface area contributed by atoms with Crippen LogP contribution in [0, 0.1) is 5.92 Å². The van der Waals surface area contributed by atoms with Crippen molar-refractivity contribution in [2.45, 2.75) is 37.3 Å². The SMILES string of the molecule is COc1cccc2cc(C(=O)N[C@H]3C4CCN(CC4)C34CC4)sc12. The predicted molar refractivity (Wildman–Crippen MR) is 95.9 cm³/mol. The van der Waals surface area contributed by atoms with Crippen molar-refractivity contribution in [3.05, 3.63) is 29.1 Å². The number of rotatable bonds is 3. The lowest BCUT2D eigenvalue weighted by Gasteiger charge is -2.52. The minimum atomic E-state index is 0.0864. The molecular formula is C19H22N2O2S. The van der Waals surface area contributed by atoms with Crippen molar-refractivity contribution in [2.24, 2.45) is 5.92 Å². The normalized spacial score (nSPS) is 29.8. The van der Waals surface area contributed by atoms with Gasteiger partial charge < -0.3 is 10.1 Å². The van der Waals surface area contributed by atoms with Gasteiger partial charge in [-0.15, -0.1) is 11.3 Å². The van der Waals surface area contributed by atoms with Gasteiger partial charge in [-0.1, -0.05) is 12.1 Å². The third-order valence-electron chi connectivity index (χ3n) is 6.22. The molecule has 0 radical (unpaired) electrons. The van der Waals surface area contributed by atoms with Crippen LogP contribution < -0.4 is 10.1 Å². The molecule has 6 rings (SSSR count). The zero-order valence-electron chi connectivity index (χ0n) is 13.9. The lowest BCUT2D eigenvalue weighted by atomic mass is 9.77. The lowest BCUT2D eigenvalue weighted by molar-refractivity contribution is -0.00138. The number of piperidine rings is 3. The Morgan fingerprint density at radius 3 is 2.83 bits per heavy atom. The average Bonchev–Trinajstić information content (AvgIpc) is 3.26. The van der Waals surface area contributed by atoms with Crippen LogP contribution in [0.5, 0.6) is 5.75 Å². The standard InChI is InChI=1S/C19H22N2O2S/c1-23-14-4-2-3-13-11-15(24-16(13)14)18(22)20-17-12-5-9-21(10-6-12)19(17)7-8-19/h2-4,11-12,17H,5-10H2,1H3,(H,20,22)/t17-/m0/s1. The van der Waals surface area contributed by atoms with Gasteiger partial charge in [0.1, 0.15) is 5.75 Å². The van der Waals surface area contributed by atoms with E-state index in [1.807, 2.05) is 24.3 Å². The van der Waals surface area contributed by atoms with E-state index in [4.69, 9.17) is 4.74 Å². The first kappa shape index (κ1) is 14.7. The molecule has 1 saturated carbocycles. The smallest absolute Gasteiger partial charge is 0.261 e. The van der Waals surface area contributed by atoms with Gasteiger partial charge in [0.05, 0.1) is 22.7 Å². The Bertz CT molecular complexity index is 803. The molecular weight excluding hydrogens is 320 g/mol. The molecule has 1 N–H and O–H groups in total. The molecule has 2 aromatic rings. The Balaban J connectivity index is 1.43. The number of ether oxygens (including phenoxy) is 1. The average molecular weight is 342 g/mol. The number of carbonyl (C=O) groups excluding carboxylic acids is 1. The van der Waals surface area contributed by atoms with E-state index >= 15 is 0 Å². The molecule has 1 atom stereocenters. The summed E-state index contributed by atoms with van der Waals surface area (Å²) in [5, 5.41) is 4.49. The van der Waals surface area contributed by atoms with E-state index < -0.39 is 0 Å². The topological polar surface area (TPSA) is 41.6 Å². The quantitative estimate of drug-likeness (QED) is 0.931. The van der Waals surface area contributed by atoms with Crippen molar-refractivity contribution >= 4 is 27.3 Å². The van der Waals surface area contributed by atoms with Crippen LogP contribution in [0.25, 0.3) is 10.1 Å². The van der Waals surface area contributed by atoms with Gasteiger partial charge >= 0.3 is 0 Å². The molecule has 4 fully saturated rings. The van der Waals surface area contributed by atoms with E-state index in [2.05, 4.69) is 10.2 Å². The zero-order chi connectivity index (χ0) is 16.3. The number of thiophene rings is 1. The van der Waals surface area contributed by atoms with Crippen molar-refractivity contribution in [1.29, 1.82) is 0 Å². The molecule has 1 aromatic carbocycles. The van der Waals surface area contributed by atoms with Gasteiger partial charge in [-0.05, 0) is 62.2 Å². The highest BCUT2D eigenvalue weighted by Gasteiger charge is 2.60. The number of hydrogen-bond acceptors (Lipinski definition) is 4. The maximum Gasteiger partial charge on any atom is 0.261 e. The molecule has 1 aliphatic carbocycles. The van der Waals surface area contributed by atoms with Crippen LogP contribution in [0.2, 0.25) is 0 Å². The van der Waals surface area contributed by atoms with Crippen LogP contribution in [-0.2, 0) is 0 Å². The second kappa shape index (κ2) is 5.20. The van der Waals surface area contributed by atoms with Crippen molar-refractivity contribution in [3.8, 4) is 5.75 Å². The molecule has 3 saturated heterocycles. The fourth-order valence-corrected chi connectivity index (χ4v) is 5.90. The summed E-state index contributed by atoms with van der Waals surface area (Å²) in [6.45, 7) is 2.44. The molecule has 126 valence electrons. The fourth-order valence-electron chi connectivity index (χ4n) is 4.84. The summed E-state index contributed by atoms with van der Waals surface area (Å²) in [4.78, 5) is 16.3. The molecule has 2 bridgehead atoms. The Labute approximate surface area is 145 Å². The summed E-state index contributed by atoms with van der Waals surface area (Å²) in [5.74, 6) is 1.59. The van der Waals surface area contributed by atoms with E-state index in [1.165, 1.54) is 50.1 Å². The van der Waals surface area contributed by atoms with Gasteiger partial charge in [-0.25, -0.2) is 0 Å². The second-order valence-corrected chi connectivity index (χ2v) is 8.42. The number of benzene rings is 1. The number of amides is 1. The lowest BCUT2D eigenvalue weighted by Crippen LogP contribution is -2.65. The molecule has 0 unspecified atom stereocenters. The first-order valence-electron chi connectivity index (χ1n) is 8.84. The Hall–Kier alpha value is -1.59. The van der Waals surface area contributed by atoms with Crippen LogP contribution in [-0.4, -0.2) is 42.6 Å². The van der Waals surface area contributed by atoms with E-state index in [-0.39, 0.29) is 11.4 Å². The molecule has 1 aromatic heterocycles. The molecule has 4 aliphatic rings. The number of nitrogens with one attached hydrogen (secondary N) is 1. The van der Waals surface area contributed by atoms with Crippen LogP contribution in [0.3, 0.4) is 0 Å². The van der Waals surface area contributed by atoms with Gasteiger partial charge in [-0.3, -0.25) is 9.69 Å². The number of hydrogen-bond donors (Lipinski definition) is 1. The van der Waals surface area contributed by atoms with Crippen molar-refractivity contribution in [2.75, 3.05) is 20.2 Å². The number of nitrogens with zero attached hydrogens (tertiary/aromatic N) is 1. The minimum absolute atomic E-state index is 0.0864. The van der Waals surface area contributed by atoms with E-state index in [1.54, 1.807) is 7.11 Å². The summed E-state index contributed by atoms with van der Waals surface area (Å²) in [6, 6.07) is 8.30. The van der Waals surface area contributed by atoms with Gasteiger partial charge in [0.25, 0.3) is 5.91 Å². The van der Waals surface area contributed by atoms with Crippen LogP contribution >= 0.6 is 11.3 Å². The van der Waals surface area contributed by atoms with E-state index in [9.17, 15) is 4.79 Å². The maximum atomic E-state index is 12.9. The predicted octanol–water partition coefficient (Wildman–Crippen LogP) is 3.27. The zero-order valence-corrected chi connectivity index (χ0v) is 14.7. The summed E-state index contributed by atoms with van der Waals surface area (Å²) in [5.41, 5.74) is 0.283. The first-order valence-corrected chi connectivity index (χ1v) is 9.65. The molecule has 4 nitrogen and oxygen atoms in total. The molecule has 5 heteroatoms. The third kappa shape index (κ3) is 2.04. The second-order valence-electron chi connectivity index (χ2n) is 7.37. The Kier molecular flexibility index (Phi) is 3.19. The van der Waals surface area contributed by atoms with Crippen LogP contribution in [0.4, 0.5) is 0 Å². The fraction of sp³-hybridized carbons (Fsp3) is 0.526. The van der Waals surface area contributed by atoms with E-state index in [0.29, 0.717) is 12.0 Å². The monoisotopic (exact) mass is 342 g/mol. The van der Waals surface area contributed by atoms with Crippen LogP contribution in [0.1, 0.15) is 35.4 Å². The molecule has 4 heterocycles. The van der Waals surface area contributed by atoms with E-state index in [0.717, 1.165) is 20.7 Å². The number of carbonyl (C=O) groups is 1. The minimum Gasteiger partial charge on any atom is -0.495 e. The molecule has 1 spiro atoms. The molecule has 24 heavy (non-hydrogen) atoms. The Morgan fingerprint density at radius 2 is 2.12 bits per heavy atom. The summed E-state index contributed by atoms with van der Waals surface area (Å²) >= 11 is 1.54. The third-order valence-corrected chi connectivity index (χ3v) is 7.38. The van der Waals surface area contributed by atoms with Gasteiger partial charge in [-0.2, -0.15) is 0 Å². The van der Waals surface area contributed by atoms with Crippen molar-refractivity contribution in [1.82, 2.24) is 10.2 Å². The van der Waals surface area contributed by atoms with Crippen LogP contribution in [0.15, 0.2) is 24.3 Å². The van der Waals surface area contributed by atoms with Gasteiger partial charge in [0.2, 0.25) is 0 Å².